The van der Waals surface area contributed by atoms with Gasteiger partial charge in [0.2, 0.25) is 0 Å². The monoisotopic (exact) mass is 337 g/mol. The molecule has 0 spiro atoms. The van der Waals surface area contributed by atoms with Gasteiger partial charge in [0.15, 0.2) is 0 Å². The summed E-state index contributed by atoms with van der Waals surface area (Å²) in [6, 6.07) is 20.7. The molecule has 0 fully saturated rings. The molecule has 2 heteroatoms. The Hall–Kier alpha value is 1.92. The average Bonchev–Trinajstić information content (AvgIpc) is 2.21. The number of rotatable bonds is 2. The first-order chi connectivity index (χ1) is 6.45. The van der Waals surface area contributed by atoms with Crippen LogP contribution in [0.25, 0.3) is 0 Å². The van der Waals surface area contributed by atoms with E-state index in [2.05, 4.69) is 55.0 Å². The van der Waals surface area contributed by atoms with Crippen LogP contribution in [0.1, 0.15) is 11.1 Å². The molecule has 0 aromatic heterocycles. The van der Waals surface area contributed by atoms with Crippen molar-refractivity contribution in [3.05, 3.63) is 78.2 Å². The fourth-order valence-corrected chi connectivity index (χ4v) is 1.29. The van der Waals surface area contributed by atoms with Crippen LogP contribution < -0.4 is 116 Å². The predicted octanol–water partition coefficient (Wildman–Crippen LogP) is -2.70. The summed E-state index contributed by atoms with van der Waals surface area (Å²) in [6.45, 7) is 0. The van der Waals surface area contributed by atoms with Gasteiger partial charge in [-0.25, -0.2) is 0 Å². The molecule has 0 aliphatic carbocycles. The Morgan fingerprint density at radius 3 is 1.20 bits per heavy atom. The van der Waals surface area contributed by atoms with E-state index in [9.17, 15) is 0 Å². The molecule has 15 heavy (non-hydrogen) atoms. The third-order valence-corrected chi connectivity index (χ3v) is 1.93. The van der Waals surface area contributed by atoms with Crippen LogP contribution in [0.15, 0.2) is 60.7 Å². The SMILES string of the molecule is [Rb+].[Rb+].c1ccc([CH-]c2ccccc2)cc1. The first kappa shape index (κ1) is 16.9. The second kappa shape index (κ2) is 9.90. The van der Waals surface area contributed by atoms with Gasteiger partial charge in [-0.15, -0.1) is 41.8 Å². The molecule has 2 aromatic rings. The normalized spacial score (nSPS) is 8.27. The molecular formula is C13H11Rb2+. The molecule has 0 nitrogen and oxygen atoms in total. The van der Waals surface area contributed by atoms with Crippen LogP contribution in [0.3, 0.4) is 0 Å². The van der Waals surface area contributed by atoms with Crippen molar-refractivity contribution >= 4 is 0 Å². The molecule has 0 heterocycles. The fourth-order valence-electron chi connectivity index (χ4n) is 1.29. The van der Waals surface area contributed by atoms with E-state index in [4.69, 9.17) is 0 Å². The molecular weight excluding hydrogens is 327 g/mol. The Bertz CT molecular complexity index is 319. The Kier molecular flexibility index (Phi) is 11.2. The Morgan fingerprint density at radius 1 is 0.533 bits per heavy atom. The first-order valence-corrected chi connectivity index (χ1v) is 4.40. The molecule has 0 atom stereocenters. The summed E-state index contributed by atoms with van der Waals surface area (Å²) >= 11 is 0. The van der Waals surface area contributed by atoms with Crippen LogP contribution in [-0.2, 0) is 0 Å². The minimum Gasteiger partial charge on any atom is -0.126 e. The molecule has 0 bridgehead atoms. The smallest absolute Gasteiger partial charge is 0.126 e. The van der Waals surface area contributed by atoms with Crippen molar-refractivity contribution in [1.29, 1.82) is 0 Å². The standard InChI is InChI=1S/C13H11.2Rb/c1-3-7-12(8-4-1)11-13-9-5-2-6-10-13;;/h1-11H;;/q-1;2*+1. The first-order valence-electron chi connectivity index (χ1n) is 4.40. The van der Waals surface area contributed by atoms with E-state index in [1.807, 2.05) is 12.1 Å². The summed E-state index contributed by atoms with van der Waals surface area (Å²) in [7, 11) is 0. The van der Waals surface area contributed by atoms with E-state index in [1.165, 1.54) is 11.1 Å². The molecule has 0 aliphatic heterocycles. The van der Waals surface area contributed by atoms with Gasteiger partial charge in [0.05, 0.1) is 0 Å². The third-order valence-electron chi connectivity index (χ3n) is 1.93. The Balaban J connectivity index is 0.000000980. The van der Waals surface area contributed by atoms with Crippen molar-refractivity contribution in [3.63, 3.8) is 0 Å². The maximum atomic E-state index is 2.17. The summed E-state index contributed by atoms with van der Waals surface area (Å²) < 4.78 is 0. The van der Waals surface area contributed by atoms with E-state index < -0.39 is 0 Å². The summed E-state index contributed by atoms with van der Waals surface area (Å²) in [5.74, 6) is 0. The van der Waals surface area contributed by atoms with Gasteiger partial charge in [-0.2, -0.15) is 0 Å². The minimum absolute atomic E-state index is 0. The quantitative estimate of drug-likeness (QED) is 0.523. The molecule has 0 aliphatic rings. The van der Waals surface area contributed by atoms with Gasteiger partial charge in [0, 0.05) is 0 Å². The molecule has 2 aromatic carbocycles. The van der Waals surface area contributed by atoms with Gasteiger partial charge < -0.3 is 0 Å². The maximum absolute atomic E-state index is 2.17. The van der Waals surface area contributed by atoms with Crippen LogP contribution in [0.4, 0.5) is 0 Å². The van der Waals surface area contributed by atoms with Crippen LogP contribution >= 0.6 is 0 Å². The largest absolute Gasteiger partial charge is 1.00 e. The molecule has 0 unspecified atom stereocenters. The van der Waals surface area contributed by atoms with Gasteiger partial charge in [-0.3, -0.25) is 0 Å². The summed E-state index contributed by atoms with van der Waals surface area (Å²) in [5, 5.41) is 0. The van der Waals surface area contributed by atoms with Gasteiger partial charge in [-0.05, 0) is 0 Å². The van der Waals surface area contributed by atoms with Crippen molar-refractivity contribution in [2.45, 2.75) is 0 Å². The molecule has 0 radical (unpaired) electrons. The molecule has 0 saturated heterocycles. The Morgan fingerprint density at radius 2 is 0.867 bits per heavy atom. The number of hydrogen-bond donors (Lipinski definition) is 0. The molecule has 0 amide bonds. The summed E-state index contributed by atoms with van der Waals surface area (Å²) in [6.07, 6.45) is 2.17. The zero-order chi connectivity index (χ0) is 8.93. The van der Waals surface area contributed by atoms with E-state index >= 15 is 0 Å². The molecule has 0 saturated carbocycles. The van der Waals surface area contributed by atoms with Crippen molar-refractivity contribution in [2.24, 2.45) is 0 Å². The van der Waals surface area contributed by atoms with Crippen molar-refractivity contribution < 1.29 is 116 Å². The van der Waals surface area contributed by atoms with Crippen LogP contribution in [0, 0.1) is 6.42 Å². The predicted molar refractivity (Wildman–Crippen MR) is 55.4 cm³/mol. The Labute approximate surface area is 189 Å². The van der Waals surface area contributed by atoms with Crippen molar-refractivity contribution in [2.75, 3.05) is 0 Å². The third kappa shape index (κ3) is 6.42. The second-order valence-corrected chi connectivity index (χ2v) is 2.97. The van der Waals surface area contributed by atoms with Crippen molar-refractivity contribution in [3.8, 4) is 0 Å². The summed E-state index contributed by atoms with van der Waals surface area (Å²) in [5.41, 5.74) is 2.49. The van der Waals surface area contributed by atoms with Gasteiger partial charge in [-0.1, -0.05) is 36.4 Å². The topological polar surface area (TPSA) is 0 Å². The average molecular weight is 338 g/mol. The van der Waals surface area contributed by atoms with Gasteiger partial charge in [0.1, 0.15) is 0 Å². The summed E-state index contributed by atoms with van der Waals surface area (Å²) in [4.78, 5) is 0. The van der Waals surface area contributed by atoms with Crippen molar-refractivity contribution in [1.82, 2.24) is 0 Å². The number of benzene rings is 2. The second-order valence-electron chi connectivity index (χ2n) is 2.97. The van der Waals surface area contributed by atoms with E-state index in [1.54, 1.807) is 0 Å². The zero-order valence-corrected chi connectivity index (χ0v) is 19.2. The molecule has 0 N–H and O–H groups in total. The van der Waals surface area contributed by atoms with E-state index in [0.717, 1.165) is 0 Å². The van der Waals surface area contributed by atoms with E-state index in [0.29, 0.717) is 0 Å². The molecule has 64 valence electrons. The molecule has 2 rings (SSSR count). The van der Waals surface area contributed by atoms with Crippen LogP contribution in [-0.4, -0.2) is 0 Å². The zero-order valence-electron chi connectivity index (χ0n) is 9.35. The minimum atomic E-state index is 0. The van der Waals surface area contributed by atoms with Gasteiger partial charge >= 0.3 is 116 Å². The van der Waals surface area contributed by atoms with Gasteiger partial charge in [0.25, 0.3) is 0 Å². The van der Waals surface area contributed by atoms with E-state index in [-0.39, 0.29) is 116 Å². The fraction of sp³-hybridized carbons (Fsp3) is 0. The van der Waals surface area contributed by atoms with Crippen LogP contribution in [0.5, 0.6) is 0 Å². The maximum Gasteiger partial charge on any atom is 1.00 e. The number of hydrogen-bond acceptors (Lipinski definition) is 0. The van der Waals surface area contributed by atoms with Crippen LogP contribution in [0.2, 0.25) is 0 Å².